The SMILES string of the molecule is Cc1cc(N)c(Cl)cc1N1CCc2ccccc2C1=O. The van der Waals surface area contributed by atoms with Crippen LogP contribution in [-0.2, 0) is 6.42 Å². The number of halogens is 1. The largest absolute Gasteiger partial charge is 0.398 e. The fourth-order valence-corrected chi connectivity index (χ4v) is 2.80. The lowest BCUT2D eigenvalue weighted by molar-refractivity contribution is 0.0980. The number of amides is 1. The van der Waals surface area contributed by atoms with E-state index in [0.29, 0.717) is 17.3 Å². The van der Waals surface area contributed by atoms with Crippen molar-refractivity contribution in [3.63, 3.8) is 0 Å². The maximum atomic E-state index is 12.6. The number of rotatable bonds is 1. The lowest BCUT2D eigenvalue weighted by Crippen LogP contribution is -2.38. The van der Waals surface area contributed by atoms with Crippen LogP contribution in [0.3, 0.4) is 0 Å². The van der Waals surface area contributed by atoms with Gasteiger partial charge in [-0.05, 0) is 42.7 Å². The average Bonchev–Trinajstić information content (AvgIpc) is 2.44. The molecule has 2 aromatic rings. The predicted octanol–water partition coefficient (Wildman–Crippen LogP) is 3.43. The van der Waals surface area contributed by atoms with Crippen LogP contribution in [0.5, 0.6) is 0 Å². The van der Waals surface area contributed by atoms with E-state index in [1.807, 2.05) is 37.3 Å². The molecule has 0 unspecified atom stereocenters. The molecular weight excluding hydrogens is 272 g/mol. The zero-order chi connectivity index (χ0) is 14.3. The van der Waals surface area contributed by atoms with E-state index >= 15 is 0 Å². The van der Waals surface area contributed by atoms with E-state index in [1.165, 1.54) is 0 Å². The molecular formula is C16H15ClN2O. The Balaban J connectivity index is 2.05. The summed E-state index contributed by atoms with van der Waals surface area (Å²) in [6.45, 7) is 2.60. The summed E-state index contributed by atoms with van der Waals surface area (Å²) in [5.41, 5.74) is 10.0. The van der Waals surface area contributed by atoms with Gasteiger partial charge >= 0.3 is 0 Å². The number of fused-ring (bicyclic) bond motifs is 1. The third kappa shape index (κ3) is 2.04. The molecule has 0 saturated carbocycles. The number of anilines is 2. The molecule has 3 nitrogen and oxygen atoms in total. The maximum absolute atomic E-state index is 12.6. The second kappa shape index (κ2) is 4.84. The van der Waals surface area contributed by atoms with Crippen LogP contribution in [0.1, 0.15) is 21.5 Å². The van der Waals surface area contributed by atoms with E-state index < -0.39 is 0 Å². The minimum absolute atomic E-state index is 0.0239. The van der Waals surface area contributed by atoms with Crippen LogP contribution in [-0.4, -0.2) is 12.5 Å². The Morgan fingerprint density at radius 3 is 2.80 bits per heavy atom. The average molecular weight is 287 g/mol. The maximum Gasteiger partial charge on any atom is 0.258 e. The molecule has 4 heteroatoms. The fourth-order valence-electron chi connectivity index (χ4n) is 2.64. The van der Waals surface area contributed by atoms with E-state index in [-0.39, 0.29) is 5.91 Å². The summed E-state index contributed by atoms with van der Waals surface area (Å²) in [7, 11) is 0. The molecule has 0 fully saturated rings. The molecule has 1 aliphatic heterocycles. The number of nitrogen functional groups attached to an aromatic ring is 1. The Kier molecular flexibility index (Phi) is 3.14. The molecule has 0 saturated heterocycles. The minimum atomic E-state index is 0.0239. The monoisotopic (exact) mass is 286 g/mol. The number of aryl methyl sites for hydroxylation is 1. The van der Waals surface area contributed by atoms with Crippen LogP contribution < -0.4 is 10.6 Å². The lowest BCUT2D eigenvalue weighted by atomic mass is 9.98. The number of hydrogen-bond acceptors (Lipinski definition) is 2. The first-order chi connectivity index (χ1) is 9.58. The first-order valence-electron chi connectivity index (χ1n) is 6.53. The first-order valence-corrected chi connectivity index (χ1v) is 6.91. The smallest absolute Gasteiger partial charge is 0.258 e. The molecule has 0 aliphatic carbocycles. The van der Waals surface area contributed by atoms with Crippen LogP contribution in [0.4, 0.5) is 11.4 Å². The fraction of sp³-hybridized carbons (Fsp3) is 0.188. The van der Waals surface area contributed by atoms with Gasteiger partial charge in [0.05, 0.1) is 10.7 Å². The van der Waals surface area contributed by atoms with Gasteiger partial charge in [-0.2, -0.15) is 0 Å². The molecule has 0 spiro atoms. The van der Waals surface area contributed by atoms with Gasteiger partial charge in [0.25, 0.3) is 5.91 Å². The highest BCUT2D eigenvalue weighted by Gasteiger charge is 2.26. The van der Waals surface area contributed by atoms with Gasteiger partial charge in [-0.3, -0.25) is 4.79 Å². The highest BCUT2D eigenvalue weighted by Crippen LogP contribution is 2.32. The molecule has 2 aromatic carbocycles. The van der Waals surface area contributed by atoms with Crippen molar-refractivity contribution in [3.8, 4) is 0 Å². The molecule has 0 aromatic heterocycles. The van der Waals surface area contributed by atoms with Crippen molar-refractivity contribution in [3.05, 3.63) is 58.1 Å². The van der Waals surface area contributed by atoms with Crippen LogP contribution in [0.25, 0.3) is 0 Å². The number of carbonyl (C=O) groups is 1. The van der Waals surface area contributed by atoms with Crippen molar-refractivity contribution in [2.45, 2.75) is 13.3 Å². The normalized spacial score (nSPS) is 14.3. The summed E-state index contributed by atoms with van der Waals surface area (Å²) in [5.74, 6) is 0.0239. The highest BCUT2D eigenvalue weighted by atomic mass is 35.5. The number of nitrogens with zero attached hydrogens (tertiary/aromatic N) is 1. The second-order valence-electron chi connectivity index (χ2n) is 5.02. The van der Waals surface area contributed by atoms with Crippen molar-refractivity contribution in [1.29, 1.82) is 0 Å². The van der Waals surface area contributed by atoms with Gasteiger partial charge in [-0.1, -0.05) is 29.8 Å². The van der Waals surface area contributed by atoms with Crippen molar-refractivity contribution < 1.29 is 4.79 Å². The summed E-state index contributed by atoms with van der Waals surface area (Å²) in [5, 5.41) is 0.484. The molecule has 2 N–H and O–H groups in total. The molecule has 1 amide bonds. The Morgan fingerprint density at radius 2 is 2.00 bits per heavy atom. The van der Waals surface area contributed by atoms with Crippen LogP contribution in [0.2, 0.25) is 5.02 Å². The van der Waals surface area contributed by atoms with Crippen molar-refractivity contribution in [2.75, 3.05) is 17.2 Å². The van der Waals surface area contributed by atoms with E-state index in [0.717, 1.165) is 28.8 Å². The summed E-state index contributed by atoms with van der Waals surface area (Å²) in [6.07, 6.45) is 0.851. The summed E-state index contributed by atoms with van der Waals surface area (Å²) >= 11 is 6.09. The minimum Gasteiger partial charge on any atom is -0.398 e. The third-order valence-corrected chi connectivity index (χ3v) is 4.03. The molecule has 0 bridgehead atoms. The zero-order valence-corrected chi connectivity index (χ0v) is 11.9. The lowest BCUT2D eigenvalue weighted by Gasteiger charge is -2.30. The highest BCUT2D eigenvalue weighted by molar-refractivity contribution is 6.33. The Hall–Kier alpha value is -2.00. The molecule has 102 valence electrons. The summed E-state index contributed by atoms with van der Waals surface area (Å²) in [4.78, 5) is 14.4. The van der Waals surface area contributed by atoms with Crippen LogP contribution in [0.15, 0.2) is 36.4 Å². The first kappa shape index (κ1) is 13.0. The van der Waals surface area contributed by atoms with Gasteiger partial charge in [-0.15, -0.1) is 0 Å². The molecule has 1 aliphatic rings. The molecule has 0 atom stereocenters. The third-order valence-electron chi connectivity index (χ3n) is 3.70. The Bertz CT molecular complexity index is 697. The van der Waals surface area contributed by atoms with E-state index in [2.05, 4.69) is 0 Å². The van der Waals surface area contributed by atoms with E-state index in [1.54, 1.807) is 11.0 Å². The van der Waals surface area contributed by atoms with Gasteiger partial charge < -0.3 is 10.6 Å². The van der Waals surface area contributed by atoms with Gasteiger partial charge in [0, 0.05) is 17.8 Å². The number of nitrogens with two attached hydrogens (primary N) is 1. The quantitative estimate of drug-likeness (QED) is 0.816. The van der Waals surface area contributed by atoms with Gasteiger partial charge in [-0.25, -0.2) is 0 Å². The second-order valence-corrected chi connectivity index (χ2v) is 5.43. The Labute approximate surface area is 123 Å². The van der Waals surface area contributed by atoms with Crippen molar-refractivity contribution >= 4 is 28.9 Å². The van der Waals surface area contributed by atoms with E-state index in [9.17, 15) is 4.79 Å². The van der Waals surface area contributed by atoms with Gasteiger partial charge in [0.1, 0.15) is 0 Å². The predicted molar refractivity (Wildman–Crippen MR) is 82.4 cm³/mol. The van der Waals surface area contributed by atoms with Crippen molar-refractivity contribution in [1.82, 2.24) is 0 Å². The standard InChI is InChI=1S/C16H15ClN2O/c1-10-8-14(18)13(17)9-15(10)19-7-6-11-4-2-3-5-12(11)16(19)20/h2-5,8-9H,6-7,18H2,1H3. The van der Waals surface area contributed by atoms with Crippen LogP contribution >= 0.6 is 11.6 Å². The van der Waals surface area contributed by atoms with Gasteiger partial charge in [0.15, 0.2) is 0 Å². The number of carbonyl (C=O) groups excluding carboxylic acids is 1. The number of hydrogen-bond donors (Lipinski definition) is 1. The van der Waals surface area contributed by atoms with Gasteiger partial charge in [0.2, 0.25) is 0 Å². The summed E-state index contributed by atoms with van der Waals surface area (Å²) < 4.78 is 0. The van der Waals surface area contributed by atoms with Crippen molar-refractivity contribution in [2.24, 2.45) is 0 Å². The molecule has 20 heavy (non-hydrogen) atoms. The molecule has 3 rings (SSSR count). The zero-order valence-electron chi connectivity index (χ0n) is 11.2. The molecule has 1 heterocycles. The number of benzene rings is 2. The topological polar surface area (TPSA) is 46.3 Å². The summed E-state index contributed by atoms with van der Waals surface area (Å²) in [6, 6.07) is 11.3. The van der Waals surface area contributed by atoms with Crippen LogP contribution in [0, 0.1) is 6.92 Å². The molecule has 0 radical (unpaired) electrons. The Morgan fingerprint density at radius 1 is 1.25 bits per heavy atom. The van der Waals surface area contributed by atoms with E-state index in [4.69, 9.17) is 17.3 Å².